The van der Waals surface area contributed by atoms with Crippen LogP contribution in [0.4, 0.5) is 0 Å². The third-order valence-corrected chi connectivity index (χ3v) is 2.40. The number of carbonyl (C=O) groups is 1. The van der Waals surface area contributed by atoms with Crippen molar-refractivity contribution in [3.05, 3.63) is 16.8 Å². The van der Waals surface area contributed by atoms with Crippen LogP contribution in [0, 0.1) is 5.41 Å². The molecule has 1 aromatic heterocycles. The van der Waals surface area contributed by atoms with Gasteiger partial charge >= 0.3 is 11.7 Å². The van der Waals surface area contributed by atoms with Crippen molar-refractivity contribution in [1.29, 1.82) is 0 Å². The monoisotopic (exact) mass is 183 g/mol. The van der Waals surface area contributed by atoms with Gasteiger partial charge in [0.25, 0.3) is 0 Å². The lowest BCUT2D eigenvalue weighted by Gasteiger charge is -2.07. The predicted octanol–water partition coefficient (Wildman–Crippen LogP) is -0.564. The molecule has 70 valence electrons. The molecule has 1 fully saturated rings. The van der Waals surface area contributed by atoms with Crippen LogP contribution in [-0.4, -0.2) is 25.8 Å². The Morgan fingerprint density at radius 2 is 2.46 bits per heavy atom. The maximum atomic E-state index is 11.0. The van der Waals surface area contributed by atoms with Crippen LogP contribution >= 0.6 is 0 Å². The van der Waals surface area contributed by atoms with Gasteiger partial charge in [0.05, 0.1) is 5.41 Å². The molecule has 0 amide bonds. The van der Waals surface area contributed by atoms with Crippen LogP contribution in [0.15, 0.2) is 11.1 Å². The molecule has 2 rings (SSSR count). The number of aromatic nitrogens is 3. The predicted molar refractivity (Wildman–Crippen MR) is 42.2 cm³/mol. The molecule has 0 aromatic carbocycles. The highest BCUT2D eigenvalue weighted by molar-refractivity contribution is 5.77. The van der Waals surface area contributed by atoms with Crippen LogP contribution in [0.2, 0.25) is 0 Å². The van der Waals surface area contributed by atoms with Crippen molar-refractivity contribution in [2.45, 2.75) is 19.4 Å². The third kappa shape index (κ3) is 1.24. The topological polar surface area (TPSA) is 88.0 Å². The summed E-state index contributed by atoms with van der Waals surface area (Å²) in [5.41, 5.74) is -1.07. The van der Waals surface area contributed by atoms with Gasteiger partial charge in [-0.1, -0.05) is 0 Å². The Kier molecular flexibility index (Phi) is 1.51. The second-order valence-electron chi connectivity index (χ2n) is 3.37. The molecule has 1 saturated carbocycles. The van der Waals surface area contributed by atoms with E-state index in [-0.39, 0.29) is 12.2 Å². The van der Waals surface area contributed by atoms with Gasteiger partial charge in [-0.2, -0.15) is 5.10 Å². The second kappa shape index (κ2) is 2.45. The van der Waals surface area contributed by atoms with Gasteiger partial charge in [0.15, 0.2) is 0 Å². The van der Waals surface area contributed by atoms with E-state index in [9.17, 15) is 9.59 Å². The van der Waals surface area contributed by atoms with Crippen molar-refractivity contribution >= 4 is 5.97 Å². The standard InChI is InChI=1S/C7H9N3O3/c11-5(12)7(1-2-7)3-10-4-8-9-6(10)13/h4H,1-3H2,(H,9,13)(H,11,12). The first-order chi connectivity index (χ1) is 6.14. The molecule has 1 heterocycles. The molecule has 0 atom stereocenters. The summed E-state index contributed by atoms with van der Waals surface area (Å²) in [6, 6.07) is 0. The Labute approximate surface area is 73.2 Å². The van der Waals surface area contributed by atoms with Crippen molar-refractivity contribution in [2.24, 2.45) is 5.41 Å². The van der Waals surface area contributed by atoms with E-state index >= 15 is 0 Å². The van der Waals surface area contributed by atoms with Gasteiger partial charge < -0.3 is 5.11 Å². The van der Waals surface area contributed by atoms with E-state index in [1.807, 2.05) is 0 Å². The Morgan fingerprint density at radius 1 is 1.77 bits per heavy atom. The highest BCUT2D eigenvalue weighted by Crippen LogP contribution is 2.46. The lowest BCUT2D eigenvalue weighted by atomic mass is 10.1. The summed E-state index contributed by atoms with van der Waals surface area (Å²) in [6.07, 6.45) is 2.60. The van der Waals surface area contributed by atoms with Crippen LogP contribution in [0.25, 0.3) is 0 Å². The van der Waals surface area contributed by atoms with Gasteiger partial charge in [-0.25, -0.2) is 9.89 Å². The van der Waals surface area contributed by atoms with Crippen LogP contribution < -0.4 is 5.69 Å². The molecule has 0 aliphatic heterocycles. The maximum absolute atomic E-state index is 11.0. The number of carboxylic acids is 1. The average Bonchev–Trinajstić information content (AvgIpc) is 2.74. The Bertz CT molecular complexity index is 388. The number of hydrogen-bond acceptors (Lipinski definition) is 3. The molecule has 0 unspecified atom stereocenters. The van der Waals surface area contributed by atoms with E-state index in [1.54, 1.807) is 0 Å². The Morgan fingerprint density at radius 3 is 2.85 bits per heavy atom. The van der Waals surface area contributed by atoms with Gasteiger partial charge in [0.2, 0.25) is 0 Å². The molecule has 6 heteroatoms. The molecule has 0 bridgehead atoms. The second-order valence-corrected chi connectivity index (χ2v) is 3.37. The number of nitrogens with zero attached hydrogens (tertiary/aromatic N) is 2. The van der Waals surface area contributed by atoms with Crippen LogP contribution in [0.3, 0.4) is 0 Å². The van der Waals surface area contributed by atoms with E-state index in [2.05, 4.69) is 10.2 Å². The molecule has 0 spiro atoms. The average molecular weight is 183 g/mol. The summed E-state index contributed by atoms with van der Waals surface area (Å²) < 4.78 is 1.29. The summed E-state index contributed by atoms with van der Waals surface area (Å²) in [5.74, 6) is -0.833. The fourth-order valence-electron chi connectivity index (χ4n) is 1.30. The summed E-state index contributed by atoms with van der Waals surface area (Å²) in [4.78, 5) is 21.8. The van der Waals surface area contributed by atoms with E-state index in [4.69, 9.17) is 5.11 Å². The molecule has 0 saturated heterocycles. The number of carboxylic acid groups (broad SMARTS) is 1. The van der Waals surface area contributed by atoms with E-state index in [0.717, 1.165) is 0 Å². The van der Waals surface area contributed by atoms with Crippen LogP contribution in [-0.2, 0) is 11.3 Å². The quantitative estimate of drug-likeness (QED) is 0.657. The van der Waals surface area contributed by atoms with Crippen molar-refractivity contribution in [2.75, 3.05) is 0 Å². The molecule has 2 N–H and O–H groups in total. The van der Waals surface area contributed by atoms with Crippen molar-refractivity contribution in [1.82, 2.24) is 14.8 Å². The van der Waals surface area contributed by atoms with Gasteiger partial charge in [0, 0.05) is 6.54 Å². The number of aromatic amines is 1. The van der Waals surface area contributed by atoms with Crippen molar-refractivity contribution < 1.29 is 9.90 Å². The number of rotatable bonds is 3. The van der Waals surface area contributed by atoms with E-state index < -0.39 is 11.4 Å². The smallest absolute Gasteiger partial charge is 0.343 e. The number of nitrogens with one attached hydrogen (secondary N) is 1. The zero-order valence-electron chi connectivity index (χ0n) is 6.86. The SMILES string of the molecule is O=C(O)C1(Cn2cn[nH]c2=O)CC1. The first kappa shape index (κ1) is 8.03. The minimum absolute atomic E-state index is 0.220. The summed E-state index contributed by atoms with van der Waals surface area (Å²) in [5, 5.41) is 14.6. The fraction of sp³-hybridized carbons (Fsp3) is 0.571. The Balaban J connectivity index is 2.20. The van der Waals surface area contributed by atoms with Gasteiger partial charge in [-0.15, -0.1) is 0 Å². The van der Waals surface area contributed by atoms with E-state index in [1.165, 1.54) is 10.9 Å². The minimum Gasteiger partial charge on any atom is -0.481 e. The molecule has 1 aromatic rings. The first-order valence-electron chi connectivity index (χ1n) is 3.97. The molecule has 6 nitrogen and oxygen atoms in total. The zero-order valence-corrected chi connectivity index (χ0v) is 6.86. The number of H-pyrrole nitrogens is 1. The third-order valence-electron chi connectivity index (χ3n) is 2.40. The summed E-state index contributed by atoms with van der Waals surface area (Å²) in [7, 11) is 0. The number of hydrogen-bond donors (Lipinski definition) is 2. The summed E-state index contributed by atoms with van der Waals surface area (Å²) in [6.45, 7) is 0.220. The molecule has 1 aliphatic carbocycles. The highest BCUT2D eigenvalue weighted by atomic mass is 16.4. The first-order valence-corrected chi connectivity index (χ1v) is 3.97. The van der Waals surface area contributed by atoms with Crippen molar-refractivity contribution in [3.8, 4) is 0 Å². The lowest BCUT2D eigenvalue weighted by Crippen LogP contribution is -2.27. The van der Waals surface area contributed by atoms with Gasteiger partial charge in [-0.05, 0) is 12.8 Å². The normalized spacial score (nSPS) is 18.5. The molecule has 1 aliphatic rings. The van der Waals surface area contributed by atoms with Crippen LogP contribution in [0.5, 0.6) is 0 Å². The molecular weight excluding hydrogens is 174 g/mol. The minimum atomic E-state index is -0.833. The Hall–Kier alpha value is -1.59. The highest BCUT2D eigenvalue weighted by Gasteiger charge is 2.50. The molecule has 13 heavy (non-hydrogen) atoms. The van der Waals surface area contributed by atoms with Gasteiger partial charge in [-0.3, -0.25) is 9.36 Å². The van der Waals surface area contributed by atoms with Crippen LogP contribution in [0.1, 0.15) is 12.8 Å². The number of aliphatic carboxylic acids is 1. The largest absolute Gasteiger partial charge is 0.481 e. The summed E-state index contributed by atoms with van der Waals surface area (Å²) >= 11 is 0. The van der Waals surface area contributed by atoms with Gasteiger partial charge in [0.1, 0.15) is 6.33 Å². The fourth-order valence-corrected chi connectivity index (χ4v) is 1.30. The molecule has 0 radical (unpaired) electrons. The lowest BCUT2D eigenvalue weighted by molar-refractivity contribution is -0.143. The molecular formula is C7H9N3O3. The van der Waals surface area contributed by atoms with E-state index in [0.29, 0.717) is 12.8 Å². The zero-order chi connectivity index (χ0) is 9.47. The van der Waals surface area contributed by atoms with Crippen molar-refractivity contribution in [3.63, 3.8) is 0 Å². The maximum Gasteiger partial charge on any atom is 0.343 e.